The number of hydrogen-bond acceptors (Lipinski definition) is 4. The molecule has 0 bridgehead atoms. The molecule has 0 aliphatic heterocycles. The van der Waals surface area contributed by atoms with Crippen molar-refractivity contribution in [3.63, 3.8) is 0 Å². The van der Waals surface area contributed by atoms with Crippen LogP contribution in [0.15, 0.2) is 66.7 Å². The van der Waals surface area contributed by atoms with Gasteiger partial charge in [-0.2, -0.15) is 0 Å². The van der Waals surface area contributed by atoms with Gasteiger partial charge in [-0.3, -0.25) is 4.79 Å². The Labute approximate surface area is 171 Å². The standard InChI is InChI=1S/C24H25NO4/c1-4-27-20-12-14-22(15-13-20)29-21-10-8-19(9-11-21)25-24(26)16-28-23-7-5-6-17(2)18(23)3/h5-15H,4,16H2,1-3H3,(H,25,26). The normalized spacial score (nSPS) is 10.3. The van der Waals surface area contributed by atoms with Crippen LogP contribution < -0.4 is 19.5 Å². The maximum atomic E-state index is 12.2. The van der Waals surface area contributed by atoms with Gasteiger partial charge < -0.3 is 19.5 Å². The van der Waals surface area contributed by atoms with E-state index in [0.717, 1.165) is 22.6 Å². The summed E-state index contributed by atoms with van der Waals surface area (Å²) in [4.78, 5) is 12.2. The SMILES string of the molecule is CCOc1ccc(Oc2ccc(NC(=O)COc3cccc(C)c3C)cc2)cc1. The molecule has 5 heteroatoms. The Morgan fingerprint density at radius 1 is 0.828 bits per heavy atom. The third-order valence-electron chi connectivity index (χ3n) is 4.42. The van der Waals surface area contributed by atoms with Crippen molar-refractivity contribution in [1.82, 2.24) is 0 Å². The van der Waals surface area contributed by atoms with Crippen LogP contribution >= 0.6 is 0 Å². The number of ether oxygens (including phenoxy) is 3. The van der Waals surface area contributed by atoms with Crippen molar-refractivity contribution in [2.45, 2.75) is 20.8 Å². The highest BCUT2D eigenvalue weighted by Crippen LogP contribution is 2.25. The summed E-state index contributed by atoms with van der Waals surface area (Å²) in [6.07, 6.45) is 0. The first-order valence-electron chi connectivity index (χ1n) is 9.55. The number of carbonyl (C=O) groups is 1. The van der Waals surface area contributed by atoms with Crippen molar-refractivity contribution >= 4 is 11.6 Å². The molecule has 29 heavy (non-hydrogen) atoms. The molecule has 1 amide bonds. The van der Waals surface area contributed by atoms with E-state index in [1.807, 2.05) is 63.2 Å². The average Bonchev–Trinajstić information content (AvgIpc) is 2.72. The molecule has 0 heterocycles. The molecule has 0 saturated carbocycles. The Bertz CT molecular complexity index is 950. The molecule has 0 spiro atoms. The van der Waals surface area contributed by atoms with Gasteiger partial charge in [-0.1, -0.05) is 12.1 Å². The van der Waals surface area contributed by atoms with Gasteiger partial charge in [0.1, 0.15) is 23.0 Å². The molecule has 3 rings (SSSR count). The molecule has 0 radical (unpaired) electrons. The highest BCUT2D eigenvalue weighted by molar-refractivity contribution is 5.91. The molecular formula is C24H25NO4. The lowest BCUT2D eigenvalue weighted by Gasteiger charge is -2.11. The topological polar surface area (TPSA) is 56.8 Å². The summed E-state index contributed by atoms with van der Waals surface area (Å²) in [5.41, 5.74) is 2.85. The van der Waals surface area contributed by atoms with E-state index in [4.69, 9.17) is 14.2 Å². The summed E-state index contributed by atoms with van der Waals surface area (Å²) in [6.45, 7) is 6.52. The zero-order valence-electron chi connectivity index (χ0n) is 16.9. The quantitative estimate of drug-likeness (QED) is 0.550. The number of aryl methyl sites for hydroxylation is 1. The molecule has 0 atom stereocenters. The highest BCUT2D eigenvalue weighted by atomic mass is 16.5. The zero-order valence-corrected chi connectivity index (χ0v) is 16.9. The minimum absolute atomic E-state index is 0.0469. The number of amides is 1. The summed E-state index contributed by atoms with van der Waals surface area (Å²) in [5.74, 6) is 2.71. The van der Waals surface area contributed by atoms with Crippen LogP contribution in [-0.4, -0.2) is 19.1 Å². The molecule has 0 aliphatic rings. The van der Waals surface area contributed by atoms with E-state index in [2.05, 4.69) is 5.32 Å². The van der Waals surface area contributed by atoms with Gasteiger partial charge in [-0.25, -0.2) is 0 Å². The lowest BCUT2D eigenvalue weighted by Crippen LogP contribution is -2.20. The summed E-state index contributed by atoms with van der Waals surface area (Å²) in [6, 6.07) is 20.4. The fourth-order valence-corrected chi connectivity index (χ4v) is 2.73. The molecule has 1 N–H and O–H groups in total. The Balaban J connectivity index is 1.51. The van der Waals surface area contributed by atoms with Gasteiger partial charge >= 0.3 is 0 Å². The average molecular weight is 391 g/mol. The molecule has 3 aromatic carbocycles. The summed E-state index contributed by atoms with van der Waals surface area (Å²) >= 11 is 0. The Morgan fingerprint density at radius 2 is 1.45 bits per heavy atom. The third-order valence-corrected chi connectivity index (χ3v) is 4.42. The van der Waals surface area contributed by atoms with Crippen LogP contribution in [0, 0.1) is 13.8 Å². The van der Waals surface area contributed by atoms with E-state index in [0.29, 0.717) is 23.8 Å². The van der Waals surface area contributed by atoms with E-state index in [-0.39, 0.29) is 12.5 Å². The maximum absolute atomic E-state index is 12.2. The maximum Gasteiger partial charge on any atom is 0.262 e. The van der Waals surface area contributed by atoms with Crippen molar-refractivity contribution in [3.8, 4) is 23.0 Å². The number of nitrogens with one attached hydrogen (secondary N) is 1. The van der Waals surface area contributed by atoms with Crippen LogP contribution in [-0.2, 0) is 4.79 Å². The molecule has 0 aliphatic carbocycles. The van der Waals surface area contributed by atoms with Crippen molar-refractivity contribution in [2.75, 3.05) is 18.5 Å². The Morgan fingerprint density at radius 3 is 2.10 bits per heavy atom. The van der Waals surface area contributed by atoms with Crippen LogP contribution in [0.5, 0.6) is 23.0 Å². The van der Waals surface area contributed by atoms with Crippen molar-refractivity contribution in [3.05, 3.63) is 77.9 Å². The van der Waals surface area contributed by atoms with E-state index >= 15 is 0 Å². The molecule has 0 saturated heterocycles. The minimum atomic E-state index is -0.217. The predicted octanol–water partition coefficient (Wildman–Crippen LogP) is 5.51. The second-order valence-corrected chi connectivity index (χ2v) is 6.57. The fraction of sp³-hybridized carbons (Fsp3) is 0.208. The van der Waals surface area contributed by atoms with Crippen LogP contribution in [0.2, 0.25) is 0 Å². The molecule has 5 nitrogen and oxygen atoms in total. The first-order chi connectivity index (χ1) is 14.0. The predicted molar refractivity (Wildman–Crippen MR) is 114 cm³/mol. The number of carbonyl (C=O) groups excluding carboxylic acids is 1. The summed E-state index contributed by atoms with van der Waals surface area (Å²) in [5, 5.41) is 2.82. The summed E-state index contributed by atoms with van der Waals surface area (Å²) in [7, 11) is 0. The van der Waals surface area contributed by atoms with Gasteiger partial charge in [0.15, 0.2) is 6.61 Å². The smallest absolute Gasteiger partial charge is 0.262 e. The Kier molecular flexibility index (Phi) is 6.74. The van der Waals surface area contributed by atoms with Crippen molar-refractivity contribution < 1.29 is 19.0 Å². The highest BCUT2D eigenvalue weighted by Gasteiger charge is 2.07. The van der Waals surface area contributed by atoms with E-state index in [1.165, 1.54) is 0 Å². The monoisotopic (exact) mass is 391 g/mol. The van der Waals surface area contributed by atoms with Gasteiger partial charge in [-0.15, -0.1) is 0 Å². The molecule has 0 unspecified atom stereocenters. The fourth-order valence-electron chi connectivity index (χ4n) is 2.73. The van der Waals surface area contributed by atoms with Crippen LogP contribution in [0.3, 0.4) is 0 Å². The van der Waals surface area contributed by atoms with Crippen molar-refractivity contribution in [2.24, 2.45) is 0 Å². The first-order valence-corrected chi connectivity index (χ1v) is 9.55. The van der Waals surface area contributed by atoms with E-state index in [1.54, 1.807) is 24.3 Å². The van der Waals surface area contributed by atoms with E-state index < -0.39 is 0 Å². The van der Waals surface area contributed by atoms with Crippen molar-refractivity contribution in [1.29, 1.82) is 0 Å². The van der Waals surface area contributed by atoms with Gasteiger partial charge in [0.25, 0.3) is 5.91 Å². The number of rotatable bonds is 8. The van der Waals surface area contributed by atoms with Crippen LogP contribution in [0.25, 0.3) is 0 Å². The lowest BCUT2D eigenvalue weighted by molar-refractivity contribution is -0.118. The van der Waals surface area contributed by atoms with Crippen LogP contribution in [0.1, 0.15) is 18.1 Å². The van der Waals surface area contributed by atoms with Gasteiger partial charge in [-0.05, 0) is 86.5 Å². The number of benzene rings is 3. The second kappa shape index (κ2) is 9.64. The number of hydrogen-bond donors (Lipinski definition) is 1. The van der Waals surface area contributed by atoms with Gasteiger partial charge in [0.2, 0.25) is 0 Å². The minimum Gasteiger partial charge on any atom is -0.494 e. The van der Waals surface area contributed by atoms with Gasteiger partial charge in [0, 0.05) is 5.69 Å². The molecule has 3 aromatic rings. The van der Waals surface area contributed by atoms with Crippen LogP contribution in [0.4, 0.5) is 5.69 Å². The zero-order chi connectivity index (χ0) is 20.6. The largest absolute Gasteiger partial charge is 0.494 e. The first kappa shape index (κ1) is 20.3. The second-order valence-electron chi connectivity index (χ2n) is 6.57. The molecule has 0 aromatic heterocycles. The molecule has 150 valence electrons. The third kappa shape index (κ3) is 5.75. The number of anilines is 1. The molecule has 0 fully saturated rings. The Hall–Kier alpha value is -3.47. The lowest BCUT2D eigenvalue weighted by atomic mass is 10.1. The van der Waals surface area contributed by atoms with E-state index in [9.17, 15) is 4.79 Å². The van der Waals surface area contributed by atoms with Gasteiger partial charge in [0.05, 0.1) is 6.61 Å². The molecular weight excluding hydrogens is 366 g/mol. The summed E-state index contributed by atoms with van der Waals surface area (Å²) < 4.78 is 16.9.